The van der Waals surface area contributed by atoms with Crippen LogP contribution in [0.3, 0.4) is 0 Å². The van der Waals surface area contributed by atoms with Gasteiger partial charge in [-0.3, -0.25) is 4.79 Å². The summed E-state index contributed by atoms with van der Waals surface area (Å²) in [5, 5.41) is 6.09. The summed E-state index contributed by atoms with van der Waals surface area (Å²) in [6, 6.07) is 16.0. The Morgan fingerprint density at radius 3 is 2.44 bits per heavy atom. The van der Waals surface area contributed by atoms with Gasteiger partial charge in [0.05, 0.1) is 13.7 Å². The summed E-state index contributed by atoms with van der Waals surface area (Å²) >= 11 is 0. The van der Waals surface area contributed by atoms with Crippen molar-refractivity contribution < 1.29 is 9.53 Å². The Balaban J connectivity index is 1.73. The standard InChI is InChI=1S/C21H28N2O2/c1-21(2,3)17-8-10-18(11-9-17)23-20(24)15-22-13-12-16-6-5-7-19(14-16)25-4/h5-11,14,22H,12-13,15H2,1-4H3,(H,23,24). The van der Waals surface area contributed by atoms with Gasteiger partial charge in [0.1, 0.15) is 5.75 Å². The molecule has 0 atom stereocenters. The zero-order valence-electron chi connectivity index (χ0n) is 15.6. The second-order valence-corrected chi connectivity index (χ2v) is 7.15. The lowest BCUT2D eigenvalue weighted by Crippen LogP contribution is -2.29. The Bertz CT molecular complexity index is 688. The van der Waals surface area contributed by atoms with E-state index in [1.165, 1.54) is 11.1 Å². The quantitative estimate of drug-likeness (QED) is 0.755. The molecule has 0 aliphatic heterocycles. The smallest absolute Gasteiger partial charge is 0.238 e. The molecule has 0 aliphatic rings. The van der Waals surface area contributed by atoms with E-state index in [0.29, 0.717) is 6.54 Å². The number of hydrogen-bond acceptors (Lipinski definition) is 3. The van der Waals surface area contributed by atoms with Crippen LogP contribution >= 0.6 is 0 Å². The number of nitrogens with one attached hydrogen (secondary N) is 2. The van der Waals surface area contributed by atoms with E-state index in [4.69, 9.17) is 4.74 Å². The van der Waals surface area contributed by atoms with Crippen molar-refractivity contribution in [1.82, 2.24) is 5.32 Å². The van der Waals surface area contributed by atoms with Crippen molar-refractivity contribution in [2.24, 2.45) is 0 Å². The highest BCUT2D eigenvalue weighted by molar-refractivity contribution is 5.92. The van der Waals surface area contributed by atoms with Crippen molar-refractivity contribution in [3.63, 3.8) is 0 Å². The van der Waals surface area contributed by atoms with Crippen LogP contribution in [0.2, 0.25) is 0 Å². The van der Waals surface area contributed by atoms with E-state index in [9.17, 15) is 4.79 Å². The molecule has 1 amide bonds. The van der Waals surface area contributed by atoms with Gasteiger partial charge in [0.15, 0.2) is 0 Å². The highest BCUT2D eigenvalue weighted by Crippen LogP contribution is 2.23. The van der Waals surface area contributed by atoms with Crippen LogP contribution in [-0.4, -0.2) is 26.1 Å². The van der Waals surface area contributed by atoms with Crippen LogP contribution < -0.4 is 15.4 Å². The molecule has 0 unspecified atom stereocenters. The van der Waals surface area contributed by atoms with E-state index in [2.05, 4.69) is 49.6 Å². The van der Waals surface area contributed by atoms with Gasteiger partial charge in [-0.2, -0.15) is 0 Å². The van der Waals surface area contributed by atoms with E-state index in [1.807, 2.05) is 30.3 Å². The third-order valence-corrected chi connectivity index (χ3v) is 4.04. The molecule has 25 heavy (non-hydrogen) atoms. The molecule has 2 aromatic carbocycles. The van der Waals surface area contributed by atoms with Crippen LogP contribution in [0.5, 0.6) is 5.75 Å². The minimum atomic E-state index is -0.0332. The van der Waals surface area contributed by atoms with E-state index >= 15 is 0 Å². The van der Waals surface area contributed by atoms with Crippen LogP contribution in [0, 0.1) is 0 Å². The summed E-state index contributed by atoms with van der Waals surface area (Å²) in [6.07, 6.45) is 0.852. The predicted octanol–water partition coefficient (Wildman–Crippen LogP) is 3.76. The van der Waals surface area contributed by atoms with Crippen LogP contribution in [0.15, 0.2) is 48.5 Å². The Kier molecular flexibility index (Phi) is 6.59. The van der Waals surface area contributed by atoms with Gasteiger partial charge >= 0.3 is 0 Å². The number of amides is 1. The molecule has 0 saturated heterocycles. The van der Waals surface area contributed by atoms with E-state index in [-0.39, 0.29) is 11.3 Å². The average Bonchev–Trinajstić information content (AvgIpc) is 2.58. The summed E-state index contributed by atoms with van der Waals surface area (Å²) in [5.74, 6) is 0.822. The van der Waals surface area contributed by atoms with Crippen molar-refractivity contribution in [1.29, 1.82) is 0 Å². The lowest BCUT2D eigenvalue weighted by atomic mass is 9.87. The lowest BCUT2D eigenvalue weighted by Gasteiger charge is -2.19. The molecule has 4 nitrogen and oxygen atoms in total. The van der Waals surface area contributed by atoms with Gasteiger partial charge in [-0.15, -0.1) is 0 Å². The molecule has 0 aromatic heterocycles. The molecule has 0 heterocycles. The minimum absolute atomic E-state index is 0.0332. The van der Waals surface area contributed by atoms with Crippen LogP contribution in [-0.2, 0) is 16.6 Å². The molecule has 0 fully saturated rings. The monoisotopic (exact) mass is 340 g/mol. The summed E-state index contributed by atoms with van der Waals surface area (Å²) in [4.78, 5) is 12.0. The highest BCUT2D eigenvalue weighted by atomic mass is 16.5. The lowest BCUT2D eigenvalue weighted by molar-refractivity contribution is -0.115. The van der Waals surface area contributed by atoms with Crippen molar-refractivity contribution in [3.05, 3.63) is 59.7 Å². The molecule has 0 bridgehead atoms. The second kappa shape index (κ2) is 8.67. The first-order valence-corrected chi connectivity index (χ1v) is 8.62. The van der Waals surface area contributed by atoms with Crippen LogP contribution in [0.1, 0.15) is 31.9 Å². The van der Waals surface area contributed by atoms with Crippen LogP contribution in [0.4, 0.5) is 5.69 Å². The molecule has 2 N–H and O–H groups in total. The van der Waals surface area contributed by atoms with Crippen molar-refractivity contribution in [2.75, 3.05) is 25.5 Å². The number of carbonyl (C=O) groups is 1. The minimum Gasteiger partial charge on any atom is -0.497 e. The average molecular weight is 340 g/mol. The van der Waals surface area contributed by atoms with Crippen molar-refractivity contribution in [3.8, 4) is 5.75 Å². The zero-order chi connectivity index (χ0) is 18.3. The van der Waals surface area contributed by atoms with E-state index in [0.717, 1.165) is 24.4 Å². The number of rotatable bonds is 7. The number of ether oxygens (including phenoxy) is 1. The van der Waals surface area contributed by atoms with E-state index < -0.39 is 0 Å². The van der Waals surface area contributed by atoms with Gasteiger partial charge in [0.2, 0.25) is 5.91 Å². The third kappa shape index (κ3) is 6.24. The molecule has 0 aliphatic carbocycles. The molecular formula is C21H28N2O2. The molecule has 4 heteroatoms. The number of benzene rings is 2. The molecule has 2 aromatic rings. The third-order valence-electron chi connectivity index (χ3n) is 4.04. The second-order valence-electron chi connectivity index (χ2n) is 7.15. The SMILES string of the molecule is COc1cccc(CCNCC(=O)Nc2ccc(C(C)(C)C)cc2)c1. The van der Waals surface area contributed by atoms with Crippen molar-refractivity contribution >= 4 is 11.6 Å². The topological polar surface area (TPSA) is 50.4 Å². The molecular weight excluding hydrogens is 312 g/mol. The Labute approximate surface area is 150 Å². The zero-order valence-corrected chi connectivity index (χ0v) is 15.6. The largest absolute Gasteiger partial charge is 0.497 e. The molecule has 134 valence electrons. The number of hydrogen-bond donors (Lipinski definition) is 2. The number of methoxy groups -OCH3 is 1. The van der Waals surface area contributed by atoms with E-state index in [1.54, 1.807) is 7.11 Å². The first-order chi connectivity index (χ1) is 11.9. The summed E-state index contributed by atoms with van der Waals surface area (Å²) in [5.41, 5.74) is 3.38. The normalized spacial score (nSPS) is 11.2. The molecule has 2 rings (SSSR count). The maximum Gasteiger partial charge on any atom is 0.238 e. The summed E-state index contributed by atoms with van der Waals surface area (Å²) in [7, 11) is 1.66. The molecule has 0 saturated carbocycles. The Hall–Kier alpha value is -2.33. The summed E-state index contributed by atoms with van der Waals surface area (Å²) in [6.45, 7) is 7.56. The Morgan fingerprint density at radius 2 is 1.80 bits per heavy atom. The predicted molar refractivity (Wildman–Crippen MR) is 103 cm³/mol. The van der Waals surface area contributed by atoms with Crippen molar-refractivity contribution in [2.45, 2.75) is 32.6 Å². The fourth-order valence-corrected chi connectivity index (χ4v) is 2.52. The van der Waals surface area contributed by atoms with Crippen LogP contribution in [0.25, 0.3) is 0 Å². The Morgan fingerprint density at radius 1 is 1.08 bits per heavy atom. The first-order valence-electron chi connectivity index (χ1n) is 8.62. The van der Waals surface area contributed by atoms with Gasteiger partial charge < -0.3 is 15.4 Å². The maximum atomic E-state index is 12.0. The molecule has 0 radical (unpaired) electrons. The summed E-state index contributed by atoms with van der Waals surface area (Å²) < 4.78 is 5.21. The number of carbonyl (C=O) groups excluding carboxylic acids is 1. The fraction of sp³-hybridized carbons (Fsp3) is 0.381. The van der Waals surface area contributed by atoms with Gasteiger partial charge in [0.25, 0.3) is 0 Å². The molecule has 0 spiro atoms. The maximum absolute atomic E-state index is 12.0. The highest BCUT2D eigenvalue weighted by Gasteiger charge is 2.13. The van der Waals surface area contributed by atoms with Gasteiger partial charge in [-0.1, -0.05) is 45.0 Å². The van der Waals surface area contributed by atoms with Gasteiger partial charge in [-0.25, -0.2) is 0 Å². The van der Waals surface area contributed by atoms with Gasteiger partial charge in [-0.05, 0) is 53.8 Å². The van der Waals surface area contributed by atoms with Gasteiger partial charge in [0, 0.05) is 5.69 Å². The number of anilines is 1. The fourth-order valence-electron chi connectivity index (χ4n) is 2.52. The first kappa shape index (κ1) is 19.0.